The molecule has 1 atom stereocenters. The van der Waals surface area contributed by atoms with Crippen molar-refractivity contribution in [3.05, 3.63) is 23.1 Å². The number of likely N-dealkylation sites (N-methyl/N-ethyl adjacent to an activating group) is 1. The summed E-state index contributed by atoms with van der Waals surface area (Å²) in [6, 6.07) is 0. The second kappa shape index (κ2) is 7.67. The van der Waals surface area contributed by atoms with Gasteiger partial charge in [0, 0.05) is 25.4 Å². The molecule has 0 aliphatic rings. The van der Waals surface area contributed by atoms with Crippen LogP contribution in [0.2, 0.25) is 0 Å². The van der Waals surface area contributed by atoms with Gasteiger partial charge in [0.15, 0.2) is 0 Å². The Morgan fingerprint density at radius 2 is 1.89 bits per heavy atom. The molecule has 1 amide bonds. The highest BCUT2D eigenvalue weighted by atomic mass is 32.2. The van der Waals surface area contributed by atoms with Gasteiger partial charge < -0.3 is 4.90 Å². The molecule has 0 bridgehead atoms. The lowest BCUT2D eigenvalue weighted by Crippen LogP contribution is -2.19. The monoisotopic (exact) mass is 269 g/mol. The van der Waals surface area contributed by atoms with E-state index in [1.165, 1.54) is 4.91 Å². The fraction of sp³-hybridized carbons (Fsp3) is 0.667. The van der Waals surface area contributed by atoms with Crippen molar-refractivity contribution in [2.24, 2.45) is 5.41 Å². The van der Waals surface area contributed by atoms with Gasteiger partial charge in [-0.2, -0.15) is 0 Å². The Morgan fingerprint density at radius 1 is 1.33 bits per heavy atom. The van der Waals surface area contributed by atoms with E-state index in [1.807, 2.05) is 17.8 Å². The third-order valence-electron chi connectivity index (χ3n) is 2.39. The van der Waals surface area contributed by atoms with E-state index in [2.05, 4.69) is 40.7 Å². The Labute approximate surface area is 117 Å². The van der Waals surface area contributed by atoms with Crippen LogP contribution in [-0.4, -0.2) is 30.2 Å². The number of amides is 1. The standard InChI is InChI=1S/C15H27NOS/c1-8-9-13(15(3,4)5)18-12(2)10-11-14(17)16(6)7/h9-12H,8H2,1-7H3/b11-10+,13-9-. The molecule has 0 N–H and O–H groups in total. The first kappa shape index (κ1) is 17.3. The lowest BCUT2D eigenvalue weighted by molar-refractivity contribution is -0.123. The molecule has 0 aromatic heterocycles. The van der Waals surface area contributed by atoms with Gasteiger partial charge in [0.25, 0.3) is 0 Å². The maximum Gasteiger partial charge on any atom is 0.245 e. The van der Waals surface area contributed by atoms with Crippen molar-refractivity contribution in [2.45, 2.75) is 46.3 Å². The van der Waals surface area contributed by atoms with Crippen LogP contribution in [0.5, 0.6) is 0 Å². The summed E-state index contributed by atoms with van der Waals surface area (Å²) in [6.07, 6.45) is 6.96. The number of carbonyl (C=O) groups is 1. The van der Waals surface area contributed by atoms with E-state index in [1.54, 1.807) is 25.1 Å². The zero-order valence-electron chi connectivity index (χ0n) is 12.8. The van der Waals surface area contributed by atoms with E-state index >= 15 is 0 Å². The van der Waals surface area contributed by atoms with E-state index in [9.17, 15) is 4.79 Å². The average Bonchev–Trinajstić information content (AvgIpc) is 2.23. The Balaban J connectivity index is 4.59. The molecule has 0 heterocycles. The minimum absolute atomic E-state index is 0.0410. The third-order valence-corrected chi connectivity index (χ3v) is 3.95. The third kappa shape index (κ3) is 6.90. The summed E-state index contributed by atoms with van der Waals surface area (Å²) in [4.78, 5) is 14.4. The molecular formula is C15H27NOS. The second-order valence-corrected chi connectivity index (χ2v) is 7.06. The predicted molar refractivity (Wildman–Crippen MR) is 82.7 cm³/mol. The summed E-state index contributed by atoms with van der Waals surface area (Å²) in [5.74, 6) is 0.0410. The van der Waals surface area contributed by atoms with Crippen molar-refractivity contribution < 1.29 is 4.79 Å². The van der Waals surface area contributed by atoms with Crippen LogP contribution in [0.25, 0.3) is 0 Å². The summed E-state index contributed by atoms with van der Waals surface area (Å²) in [6.45, 7) is 11.0. The molecule has 0 aromatic rings. The van der Waals surface area contributed by atoms with Crippen molar-refractivity contribution in [2.75, 3.05) is 14.1 Å². The molecule has 104 valence electrons. The molecule has 18 heavy (non-hydrogen) atoms. The average molecular weight is 269 g/mol. The summed E-state index contributed by atoms with van der Waals surface area (Å²) in [5.41, 5.74) is 0.175. The maximum absolute atomic E-state index is 11.5. The van der Waals surface area contributed by atoms with E-state index in [-0.39, 0.29) is 11.3 Å². The van der Waals surface area contributed by atoms with Crippen LogP contribution < -0.4 is 0 Å². The van der Waals surface area contributed by atoms with Crippen LogP contribution in [0.1, 0.15) is 41.0 Å². The maximum atomic E-state index is 11.5. The largest absolute Gasteiger partial charge is 0.345 e. The first-order valence-electron chi connectivity index (χ1n) is 6.45. The molecule has 0 aliphatic carbocycles. The summed E-state index contributed by atoms with van der Waals surface area (Å²) >= 11 is 1.83. The first-order valence-corrected chi connectivity index (χ1v) is 7.33. The van der Waals surface area contributed by atoms with Crippen LogP contribution in [0.15, 0.2) is 23.1 Å². The number of nitrogens with zero attached hydrogens (tertiary/aromatic N) is 1. The van der Waals surface area contributed by atoms with Crippen LogP contribution in [0.3, 0.4) is 0 Å². The molecule has 0 saturated heterocycles. The highest BCUT2D eigenvalue weighted by molar-refractivity contribution is 8.03. The van der Waals surface area contributed by atoms with Crippen molar-refractivity contribution in [3.8, 4) is 0 Å². The van der Waals surface area contributed by atoms with Gasteiger partial charge in [0.1, 0.15) is 0 Å². The minimum atomic E-state index is 0.0410. The second-order valence-electron chi connectivity index (χ2n) is 5.64. The smallest absolute Gasteiger partial charge is 0.245 e. The Kier molecular flexibility index (Phi) is 7.37. The molecule has 0 fully saturated rings. The van der Waals surface area contributed by atoms with Crippen LogP contribution in [-0.2, 0) is 4.79 Å². The molecule has 1 unspecified atom stereocenters. The van der Waals surface area contributed by atoms with Gasteiger partial charge in [-0.3, -0.25) is 4.79 Å². The fourth-order valence-corrected chi connectivity index (χ4v) is 2.50. The Morgan fingerprint density at radius 3 is 2.28 bits per heavy atom. The number of thioether (sulfide) groups is 1. The molecular weight excluding hydrogens is 242 g/mol. The van der Waals surface area contributed by atoms with Gasteiger partial charge in [-0.05, 0) is 23.7 Å². The van der Waals surface area contributed by atoms with E-state index in [0.29, 0.717) is 5.25 Å². The molecule has 0 aromatic carbocycles. The fourth-order valence-electron chi connectivity index (χ4n) is 1.32. The van der Waals surface area contributed by atoms with E-state index in [0.717, 1.165) is 6.42 Å². The van der Waals surface area contributed by atoms with E-state index < -0.39 is 0 Å². The lowest BCUT2D eigenvalue weighted by atomic mass is 9.95. The normalized spacial score (nSPS) is 14.9. The molecule has 0 aliphatic heterocycles. The van der Waals surface area contributed by atoms with Crippen molar-refractivity contribution in [1.82, 2.24) is 4.90 Å². The van der Waals surface area contributed by atoms with Gasteiger partial charge >= 0.3 is 0 Å². The molecule has 3 heteroatoms. The van der Waals surface area contributed by atoms with Crippen LogP contribution in [0.4, 0.5) is 0 Å². The summed E-state index contributed by atoms with van der Waals surface area (Å²) in [7, 11) is 3.53. The topological polar surface area (TPSA) is 20.3 Å². The lowest BCUT2D eigenvalue weighted by Gasteiger charge is -2.24. The molecule has 2 nitrogen and oxygen atoms in total. The van der Waals surface area contributed by atoms with Crippen molar-refractivity contribution in [3.63, 3.8) is 0 Å². The molecule has 0 rings (SSSR count). The zero-order chi connectivity index (χ0) is 14.3. The first-order chi connectivity index (χ1) is 8.18. The number of allylic oxidation sites excluding steroid dienone is 2. The summed E-state index contributed by atoms with van der Waals surface area (Å²) < 4.78 is 0. The van der Waals surface area contributed by atoms with Gasteiger partial charge in [-0.15, -0.1) is 11.8 Å². The van der Waals surface area contributed by atoms with Gasteiger partial charge in [0.05, 0.1) is 0 Å². The highest BCUT2D eigenvalue weighted by Gasteiger charge is 2.18. The zero-order valence-corrected chi connectivity index (χ0v) is 13.6. The van der Waals surface area contributed by atoms with Gasteiger partial charge in [-0.25, -0.2) is 0 Å². The number of hydrogen-bond donors (Lipinski definition) is 0. The summed E-state index contributed by atoms with van der Waals surface area (Å²) in [5, 5.41) is 0.311. The van der Waals surface area contributed by atoms with Crippen LogP contribution in [0, 0.1) is 5.41 Å². The highest BCUT2D eigenvalue weighted by Crippen LogP contribution is 2.37. The van der Waals surface area contributed by atoms with E-state index in [4.69, 9.17) is 0 Å². The molecule has 0 spiro atoms. The van der Waals surface area contributed by atoms with Gasteiger partial charge in [0.2, 0.25) is 5.91 Å². The minimum Gasteiger partial charge on any atom is -0.345 e. The predicted octanol–water partition coefficient (Wildman–Crippen LogP) is 4.09. The quantitative estimate of drug-likeness (QED) is 0.701. The molecule has 0 saturated carbocycles. The number of hydrogen-bond acceptors (Lipinski definition) is 2. The number of carbonyl (C=O) groups excluding carboxylic acids is 1. The van der Waals surface area contributed by atoms with Crippen LogP contribution >= 0.6 is 11.8 Å². The Bertz CT molecular complexity index is 324. The van der Waals surface area contributed by atoms with Gasteiger partial charge in [-0.1, -0.05) is 39.8 Å². The Hall–Kier alpha value is -0.700. The van der Waals surface area contributed by atoms with Crippen molar-refractivity contribution in [1.29, 1.82) is 0 Å². The SMILES string of the molecule is CC/C=C(\SC(C)/C=C/C(=O)N(C)C)C(C)(C)C. The number of rotatable bonds is 5. The van der Waals surface area contributed by atoms with Crippen molar-refractivity contribution >= 4 is 17.7 Å². The molecule has 0 radical (unpaired) electrons.